The average Bonchev–Trinajstić information content (AvgIpc) is 2.80. The molecule has 0 unspecified atom stereocenters. The second kappa shape index (κ2) is 10.2. The van der Waals surface area contributed by atoms with Crippen LogP contribution in [-0.2, 0) is 19.7 Å². The third kappa shape index (κ3) is 4.82. The Morgan fingerprint density at radius 3 is 1.83 bits per heavy atom. The van der Waals surface area contributed by atoms with Crippen LogP contribution in [0.3, 0.4) is 0 Å². The Bertz CT molecular complexity index is 873. The smallest absolute Gasteiger partial charge is 0.343 e. The first-order valence-corrected chi connectivity index (χ1v) is 10.9. The Kier molecular flexibility index (Phi) is 7.35. The van der Waals surface area contributed by atoms with Crippen molar-refractivity contribution in [3.8, 4) is 0 Å². The molecule has 0 saturated carbocycles. The molecule has 4 heteroatoms. The molecule has 0 saturated heterocycles. The maximum Gasteiger partial charge on any atom is 0.343 e. The fourth-order valence-corrected chi connectivity index (χ4v) is 5.13. The van der Waals surface area contributed by atoms with Gasteiger partial charge in [0.2, 0.25) is 0 Å². The molecule has 0 bridgehead atoms. The Balaban J connectivity index is 2.10. The van der Waals surface area contributed by atoms with Crippen molar-refractivity contribution in [1.82, 2.24) is 0 Å². The second-order valence-corrected chi connectivity index (χ2v) is 8.29. The van der Waals surface area contributed by atoms with Gasteiger partial charge < -0.3 is 9.26 Å². The van der Waals surface area contributed by atoms with E-state index in [4.69, 9.17) is 9.26 Å². The van der Waals surface area contributed by atoms with E-state index in [1.807, 2.05) is 97.9 Å². The van der Waals surface area contributed by atoms with Crippen LogP contribution in [0.15, 0.2) is 104 Å². The molecule has 0 N–H and O–H groups in total. The zero-order chi connectivity index (χ0) is 20.5. The number of carbonyl (C=O) groups excluding carboxylic acids is 1. The van der Waals surface area contributed by atoms with Crippen molar-refractivity contribution in [1.29, 1.82) is 0 Å². The standard InChI is InChI=1S/C25H25O3P/c1-3-20-27-24(26)25(4-2,21-14-8-5-9-15-21)28-29(22-16-10-6-11-17-22)23-18-12-7-13-19-23/h3,5-19H,1,4,20H2,2H3/t25-/m1/s1. The molecule has 3 aromatic rings. The van der Waals surface area contributed by atoms with E-state index in [-0.39, 0.29) is 6.61 Å². The van der Waals surface area contributed by atoms with E-state index in [1.54, 1.807) is 6.08 Å². The van der Waals surface area contributed by atoms with Crippen LogP contribution < -0.4 is 10.6 Å². The quantitative estimate of drug-likeness (QED) is 0.283. The summed E-state index contributed by atoms with van der Waals surface area (Å²) >= 11 is 0. The van der Waals surface area contributed by atoms with Crippen LogP contribution in [0.25, 0.3) is 0 Å². The molecule has 0 aromatic heterocycles. The van der Waals surface area contributed by atoms with Crippen molar-refractivity contribution in [3.05, 3.63) is 109 Å². The Morgan fingerprint density at radius 2 is 1.38 bits per heavy atom. The third-order valence-corrected chi connectivity index (χ3v) is 6.66. The lowest BCUT2D eigenvalue weighted by molar-refractivity contribution is -0.161. The van der Waals surface area contributed by atoms with Crippen molar-refractivity contribution in [2.45, 2.75) is 18.9 Å². The summed E-state index contributed by atoms with van der Waals surface area (Å²) in [6.45, 7) is 5.75. The predicted molar refractivity (Wildman–Crippen MR) is 120 cm³/mol. The highest BCUT2D eigenvalue weighted by Gasteiger charge is 2.44. The molecule has 0 fully saturated rings. The first kappa shape index (κ1) is 21.0. The van der Waals surface area contributed by atoms with Gasteiger partial charge in [0.05, 0.1) is 8.15 Å². The summed E-state index contributed by atoms with van der Waals surface area (Å²) in [6.07, 6.45) is 2.02. The molecule has 3 aromatic carbocycles. The fraction of sp³-hybridized carbons (Fsp3) is 0.160. The van der Waals surface area contributed by atoms with Gasteiger partial charge in [-0.15, -0.1) is 0 Å². The molecule has 0 aliphatic carbocycles. The van der Waals surface area contributed by atoms with Gasteiger partial charge in [0.1, 0.15) is 6.61 Å². The number of esters is 1. The fourth-order valence-electron chi connectivity index (χ4n) is 3.12. The van der Waals surface area contributed by atoms with E-state index in [9.17, 15) is 4.79 Å². The Labute approximate surface area is 173 Å². The Morgan fingerprint density at radius 1 is 0.897 bits per heavy atom. The monoisotopic (exact) mass is 404 g/mol. The van der Waals surface area contributed by atoms with Gasteiger partial charge >= 0.3 is 5.97 Å². The van der Waals surface area contributed by atoms with Crippen LogP contribution in [0.5, 0.6) is 0 Å². The summed E-state index contributed by atoms with van der Waals surface area (Å²) in [6, 6.07) is 29.7. The number of benzene rings is 3. The number of rotatable bonds is 9. The zero-order valence-corrected chi connectivity index (χ0v) is 17.4. The number of hydrogen-bond acceptors (Lipinski definition) is 3. The van der Waals surface area contributed by atoms with Crippen LogP contribution in [-0.4, -0.2) is 12.6 Å². The highest BCUT2D eigenvalue weighted by Crippen LogP contribution is 2.46. The lowest BCUT2D eigenvalue weighted by atomic mass is 9.91. The molecule has 0 spiro atoms. The highest BCUT2D eigenvalue weighted by atomic mass is 31.1. The molecular weight excluding hydrogens is 379 g/mol. The van der Waals surface area contributed by atoms with Crippen LogP contribution >= 0.6 is 8.15 Å². The molecule has 3 nitrogen and oxygen atoms in total. The van der Waals surface area contributed by atoms with Gasteiger partial charge in [-0.25, -0.2) is 4.79 Å². The molecule has 0 heterocycles. The minimum Gasteiger partial charge on any atom is -0.459 e. The largest absolute Gasteiger partial charge is 0.459 e. The van der Waals surface area contributed by atoms with Gasteiger partial charge in [0, 0.05) is 10.6 Å². The molecule has 0 amide bonds. The number of ether oxygens (including phenoxy) is 1. The summed E-state index contributed by atoms with van der Waals surface area (Å²) < 4.78 is 12.3. The van der Waals surface area contributed by atoms with Crippen LogP contribution in [0.1, 0.15) is 18.9 Å². The van der Waals surface area contributed by atoms with Gasteiger partial charge in [-0.1, -0.05) is 111 Å². The van der Waals surface area contributed by atoms with E-state index in [0.717, 1.165) is 16.2 Å². The number of carbonyl (C=O) groups is 1. The van der Waals surface area contributed by atoms with Crippen molar-refractivity contribution in [2.24, 2.45) is 0 Å². The minimum absolute atomic E-state index is 0.144. The van der Waals surface area contributed by atoms with Crippen molar-refractivity contribution < 1.29 is 14.1 Å². The normalized spacial score (nSPS) is 12.9. The topological polar surface area (TPSA) is 35.5 Å². The van der Waals surface area contributed by atoms with E-state index >= 15 is 0 Å². The summed E-state index contributed by atoms with van der Waals surface area (Å²) in [7, 11) is -1.24. The van der Waals surface area contributed by atoms with E-state index in [0.29, 0.717) is 6.42 Å². The summed E-state index contributed by atoms with van der Waals surface area (Å²) in [5, 5.41) is 2.08. The van der Waals surface area contributed by atoms with Gasteiger partial charge in [-0.05, 0) is 12.0 Å². The lowest BCUT2D eigenvalue weighted by Gasteiger charge is -2.35. The molecule has 0 aliphatic heterocycles. The Hall–Kier alpha value is -2.74. The average molecular weight is 404 g/mol. The van der Waals surface area contributed by atoms with Crippen LogP contribution in [0, 0.1) is 0 Å². The van der Waals surface area contributed by atoms with Gasteiger partial charge in [0.25, 0.3) is 0 Å². The predicted octanol–water partition coefficient (Wildman–Crippen LogP) is 5.09. The van der Waals surface area contributed by atoms with Gasteiger partial charge in [-0.3, -0.25) is 0 Å². The van der Waals surface area contributed by atoms with Gasteiger partial charge in [-0.2, -0.15) is 0 Å². The van der Waals surface area contributed by atoms with Crippen LogP contribution in [0.4, 0.5) is 0 Å². The van der Waals surface area contributed by atoms with E-state index < -0.39 is 19.7 Å². The van der Waals surface area contributed by atoms with E-state index in [2.05, 4.69) is 6.58 Å². The van der Waals surface area contributed by atoms with E-state index in [1.165, 1.54) is 0 Å². The molecule has 3 rings (SSSR count). The molecule has 0 aliphatic rings. The maximum absolute atomic E-state index is 13.3. The molecule has 0 radical (unpaired) electrons. The molecule has 29 heavy (non-hydrogen) atoms. The zero-order valence-electron chi connectivity index (χ0n) is 16.5. The summed E-state index contributed by atoms with van der Waals surface area (Å²) in [5.74, 6) is -0.398. The van der Waals surface area contributed by atoms with Gasteiger partial charge in [0.15, 0.2) is 5.60 Å². The molecule has 148 valence electrons. The third-order valence-electron chi connectivity index (χ3n) is 4.63. The number of hydrogen-bond donors (Lipinski definition) is 0. The van der Waals surface area contributed by atoms with Crippen LogP contribution in [0.2, 0.25) is 0 Å². The highest BCUT2D eigenvalue weighted by molar-refractivity contribution is 7.68. The summed E-state index contributed by atoms with van der Waals surface area (Å²) in [5.41, 5.74) is -0.419. The lowest BCUT2D eigenvalue weighted by Crippen LogP contribution is -2.40. The second-order valence-electron chi connectivity index (χ2n) is 6.49. The minimum atomic E-state index is -1.24. The summed E-state index contributed by atoms with van der Waals surface area (Å²) in [4.78, 5) is 13.3. The first-order chi connectivity index (χ1) is 14.2. The molecule has 1 atom stereocenters. The van der Waals surface area contributed by atoms with Crippen molar-refractivity contribution in [2.75, 3.05) is 6.61 Å². The van der Waals surface area contributed by atoms with Crippen molar-refractivity contribution >= 4 is 24.7 Å². The molecular formula is C25H25O3P. The SMILES string of the molecule is C=CCOC(=O)[C@](CC)(OP(c1ccccc1)c1ccccc1)c1ccccc1. The van der Waals surface area contributed by atoms with Crippen molar-refractivity contribution in [3.63, 3.8) is 0 Å². The maximum atomic E-state index is 13.3. The first-order valence-electron chi connectivity index (χ1n) is 9.64.